The van der Waals surface area contributed by atoms with Crippen molar-refractivity contribution in [3.63, 3.8) is 0 Å². The average Bonchev–Trinajstić information content (AvgIpc) is 2.73. The molecule has 0 spiro atoms. The number of phenols is 1. The van der Waals surface area contributed by atoms with E-state index in [4.69, 9.17) is 11.6 Å². The summed E-state index contributed by atoms with van der Waals surface area (Å²) in [5, 5.41) is 19.9. The zero-order valence-electron chi connectivity index (χ0n) is 11.1. The van der Waals surface area contributed by atoms with Gasteiger partial charge in [0.2, 0.25) is 5.88 Å². The molecule has 0 saturated carbocycles. The van der Waals surface area contributed by atoms with Gasteiger partial charge in [0.1, 0.15) is 11.4 Å². The lowest BCUT2D eigenvalue weighted by molar-refractivity contribution is 0.392. The Balaban J connectivity index is 2.10. The van der Waals surface area contributed by atoms with Gasteiger partial charge >= 0.3 is 10.2 Å². The molecule has 1 aliphatic rings. The second-order valence-corrected chi connectivity index (χ2v) is 6.61. The molecule has 3 rings (SSSR count). The molecule has 0 amide bonds. The molecule has 2 aromatic rings. The quantitative estimate of drug-likeness (QED) is 0.785. The molecule has 0 atom stereocenters. The van der Waals surface area contributed by atoms with Crippen molar-refractivity contribution < 1.29 is 18.6 Å². The highest BCUT2D eigenvalue weighted by molar-refractivity contribution is 7.91. The fourth-order valence-electron chi connectivity index (χ4n) is 2.11. The molecule has 1 aliphatic heterocycles. The predicted octanol–water partition coefficient (Wildman–Crippen LogP) is 2.72. The van der Waals surface area contributed by atoms with Gasteiger partial charge in [0.25, 0.3) is 0 Å². The van der Waals surface area contributed by atoms with Crippen LogP contribution in [0.2, 0.25) is 5.02 Å². The van der Waals surface area contributed by atoms with Crippen LogP contribution in [0.3, 0.4) is 0 Å². The zero-order valence-corrected chi connectivity index (χ0v) is 12.6. The predicted molar refractivity (Wildman–Crippen MR) is 83.8 cm³/mol. The van der Waals surface area contributed by atoms with E-state index in [0.29, 0.717) is 10.6 Å². The Morgan fingerprint density at radius 2 is 1.64 bits per heavy atom. The van der Waals surface area contributed by atoms with Crippen LogP contribution in [0, 0.1) is 0 Å². The summed E-state index contributed by atoms with van der Waals surface area (Å²) in [6.07, 6.45) is 0.982. The van der Waals surface area contributed by atoms with Crippen molar-refractivity contribution in [1.29, 1.82) is 0 Å². The van der Waals surface area contributed by atoms with Gasteiger partial charge in [-0.05, 0) is 35.4 Å². The lowest BCUT2D eigenvalue weighted by atomic mass is 10.0. The van der Waals surface area contributed by atoms with Crippen LogP contribution in [-0.2, 0) is 10.2 Å². The van der Waals surface area contributed by atoms with Crippen LogP contribution in [0.5, 0.6) is 5.75 Å². The first-order chi connectivity index (χ1) is 10.4. The highest BCUT2D eigenvalue weighted by Gasteiger charge is 2.30. The smallest absolute Gasteiger partial charge is 0.330 e. The summed E-state index contributed by atoms with van der Waals surface area (Å²) in [6.45, 7) is 0. The molecular weight excluding hydrogens is 328 g/mol. The van der Waals surface area contributed by atoms with Gasteiger partial charge < -0.3 is 10.2 Å². The molecule has 0 unspecified atom stereocenters. The van der Waals surface area contributed by atoms with Gasteiger partial charge in [0.15, 0.2) is 0 Å². The minimum absolute atomic E-state index is 0.0315. The highest BCUT2D eigenvalue weighted by atomic mass is 35.5. The Morgan fingerprint density at radius 1 is 1.00 bits per heavy atom. The van der Waals surface area contributed by atoms with Crippen LogP contribution in [-0.4, -0.2) is 18.6 Å². The summed E-state index contributed by atoms with van der Waals surface area (Å²) in [5.74, 6) is -0.745. The van der Waals surface area contributed by atoms with Gasteiger partial charge in [-0.1, -0.05) is 29.8 Å². The maximum Gasteiger partial charge on any atom is 0.330 e. The first-order valence-corrected chi connectivity index (χ1v) is 8.00. The zero-order chi connectivity index (χ0) is 15.9. The second kappa shape index (κ2) is 5.11. The number of rotatable bonds is 2. The van der Waals surface area contributed by atoms with E-state index in [0.717, 1.165) is 16.1 Å². The first-order valence-electron chi connectivity index (χ1n) is 6.19. The minimum Gasteiger partial charge on any atom is -0.506 e. The molecule has 6 nitrogen and oxygen atoms in total. The third-order valence-electron chi connectivity index (χ3n) is 3.12. The summed E-state index contributed by atoms with van der Waals surface area (Å²) < 4.78 is 26.5. The normalized spacial score (nSPS) is 16.2. The van der Waals surface area contributed by atoms with Gasteiger partial charge in [-0.25, -0.2) is 9.03 Å². The van der Waals surface area contributed by atoms with Gasteiger partial charge in [-0.2, -0.15) is 8.42 Å². The lowest BCUT2D eigenvalue weighted by Crippen LogP contribution is -2.29. The fourth-order valence-corrected chi connectivity index (χ4v) is 3.29. The van der Waals surface area contributed by atoms with Crippen LogP contribution >= 0.6 is 11.6 Å². The molecule has 114 valence electrons. The van der Waals surface area contributed by atoms with E-state index in [9.17, 15) is 18.6 Å². The van der Waals surface area contributed by atoms with Crippen LogP contribution in [0.25, 0.3) is 11.1 Å². The Hall–Kier alpha value is -2.38. The van der Waals surface area contributed by atoms with Crippen molar-refractivity contribution in [3.8, 4) is 16.9 Å². The molecule has 3 N–H and O–H groups in total. The number of aromatic hydroxyl groups is 1. The summed E-state index contributed by atoms with van der Waals surface area (Å²) in [6, 6.07) is 11.5. The van der Waals surface area contributed by atoms with Crippen molar-refractivity contribution in [3.05, 3.63) is 59.6 Å². The van der Waals surface area contributed by atoms with Crippen LogP contribution < -0.4 is 9.03 Å². The number of phenolic OH excluding ortho intramolecular Hbond substituents is 1. The van der Waals surface area contributed by atoms with E-state index >= 15 is 0 Å². The molecule has 0 bridgehead atoms. The molecule has 0 radical (unpaired) electrons. The fraction of sp³-hybridized carbons (Fsp3) is 0. The number of aliphatic hydroxyl groups excluding tert-OH is 1. The van der Waals surface area contributed by atoms with Crippen molar-refractivity contribution in [2.24, 2.45) is 0 Å². The maximum atomic E-state index is 11.9. The standard InChI is InChI=1S/C14H11ClN2O4S/c15-11-4-1-9(2-5-11)10-3-6-13(18)12(7-10)17-8-14(19)16-22(17,20)21/h1-8,16,18-19H. The Labute approximate surface area is 132 Å². The molecule has 8 heteroatoms. The van der Waals surface area contributed by atoms with E-state index < -0.39 is 16.1 Å². The van der Waals surface area contributed by atoms with E-state index in [-0.39, 0.29) is 11.4 Å². The number of anilines is 1. The number of hydrogen-bond acceptors (Lipinski definition) is 4. The number of hydrogen-bond donors (Lipinski definition) is 3. The van der Waals surface area contributed by atoms with Gasteiger partial charge in [-0.3, -0.25) is 0 Å². The Kier molecular flexibility index (Phi) is 3.38. The van der Waals surface area contributed by atoms with Gasteiger partial charge in [0.05, 0.1) is 6.20 Å². The SMILES string of the molecule is O=S1(=O)NC(O)=CN1c1cc(-c2ccc(Cl)cc2)ccc1O. The lowest BCUT2D eigenvalue weighted by Gasteiger charge is -2.16. The molecule has 22 heavy (non-hydrogen) atoms. The van der Waals surface area contributed by atoms with E-state index in [1.54, 1.807) is 30.3 Å². The number of nitrogens with one attached hydrogen (secondary N) is 1. The molecule has 0 aliphatic carbocycles. The van der Waals surface area contributed by atoms with E-state index in [1.165, 1.54) is 12.1 Å². The van der Waals surface area contributed by atoms with E-state index in [1.807, 2.05) is 4.72 Å². The molecule has 2 aromatic carbocycles. The second-order valence-electron chi connectivity index (χ2n) is 4.63. The monoisotopic (exact) mass is 338 g/mol. The van der Waals surface area contributed by atoms with Crippen LogP contribution in [0.4, 0.5) is 5.69 Å². The van der Waals surface area contributed by atoms with Gasteiger partial charge in [0, 0.05) is 5.02 Å². The number of nitrogens with zero attached hydrogens (tertiary/aromatic N) is 1. The molecule has 0 aromatic heterocycles. The maximum absolute atomic E-state index is 11.9. The summed E-state index contributed by atoms with van der Waals surface area (Å²) in [5.41, 5.74) is 1.53. The number of aliphatic hydroxyl groups is 1. The van der Waals surface area contributed by atoms with E-state index in [2.05, 4.69) is 0 Å². The largest absolute Gasteiger partial charge is 0.506 e. The van der Waals surface area contributed by atoms with Crippen LogP contribution in [0.1, 0.15) is 0 Å². The molecule has 0 saturated heterocycles. The highest BCUT2D eigenvalue weighted by Crippen LogP contribution is 2.35. The van der Waals surface area contributed by atoms with Crippen molar-refractivity contribution in [2.45, 2.75) is 0 Å². The molecule has 0 fully saturated rings. The minimum atomic E-state index is -3.96. The summed E-state index contributed by atoms with van der Waals surface area (Å²) in [4.78, 5) is 0. The topological polar surface area (TPSA) is 89.9 Å². The molecular formula is C14H11ClN2O4S. The number of benzene rings is 2. The van der Waals surface area contributed by atoms with Crippen molar-refractivity contribution in [2.75, 3.05) is 4.31 Å². The van der Waals surface area contributed by atoms with Crippen molar-refractivity contribution >= 4 is 27.5 Å². The summed E-state index contributed by atoms with van der Waals surface area (Å²) in [7, 11) is -3.96. The van der Waals surface area contributed by atoms with Gasteiger partial charge in [-0.15, -0.1) is 0 Å². The third-order valence-corrected chi connectivity index (χ3v) is 4.66. The third kappa shape index (κ3) is 2.56. The Morgan fingerprint density at radius 3 is 2.23 bits per heavy atom. The summed E-state index contributed by atoms with van der Waals surface area (Å²) >= 11 is 5.84. The van der Waals surface area contributed by atoms with Crippen molar-refractivity contribution in [1.82, 2.24) is 4.72 Å². The Bertz CT molecular complexity index is 863. The average molecular weight is 339 g/mol. The first kappa shape index (κ1) is 14.6. The molecule has 1 heterocycles. The van der Waals surface area contributed by atoms with Crippen LogP contribution in [0.15, 0.2) is 54.5 Å². The number of halogens is 1.